The van der Waals surface area contributed by atoms with Crippen molar-refractivity contribution in [2.75, 3.05) is 21.3 Å². The van der Waals surface area contributed by atoms with Crippen LogP contribution < -0.4 is 14.2 Å². The molecule has 3 heteroatoms. The summed E-state index contributed by atoms with van der Waals surface area (Å²) in [6.45, 7) is 2.03. The van der Waals surface area contributed by atoms with Gasteiger partial charge in [-0.25, -0.2) is 0 Å². The molecule has 0 N–H and O–H groups in total. The van der Waals surface area contributed by atoms with Crippen LogP contribution in [0.15, 0.2) is 42.5 Å². The normalized spacial score (nSPS) is 11.1. The molecular weight excluding hydrogens is 276 g/mol. The first kappa shape index (κ1) is 15.8. The maximum atomic E-state index is 5.48. The van der Waals surface area contributed by atoms with Crippen molar-refractivity contribution in [3.63, 3.8) is 0 Å². The topological polar surface area (TPSA) is 27.7 Å². The Labute approximate surface area is 131 Å². The number of rotatable bonds is 4. The first-order valence-corrected chi connectivity index (χ1v) is 7.06. The third kappa shape index (κ3) is 3.53. The third-order valence-electron chi connectivity index (χ3n) is 3.39. The summed E-state index contributed by atoms with van der Waals surface area (Å²) in [4.78, 5) is 0. The lowest BCUT2D eigenvalue weighted by Gasteiger charge is -2.17. The Kier molecular flexibility index (Phi) is 5.32. The Hall–Kier alpha value is -2.60. The van der Waals surface area contributed by atoms with Gasteiger partial charge < -0.3 is 14.2 Å². The van der Waals surface area contributed by atoms with Gasteiger partial charge >= 0.3 is 0 Å². The van der Waals surface area contributed by atoms with Gasteiger partial charge in [-0.15, -0.1) is 0 Å². The lowest BCUT2D eigenvalue weighted by molar-refractivity contribution is 0.368. The van der Waals surface area contributed by atoms with E-state index in [1.165, 1.54) is 0 Å². The molecule has 2 aromatic carbocycles. The van der Waals surface area contributed by atoms with Crippen LogP contribution in [-0.2, 0) is 0 Å². The summed E-state index contributed by atoms with van der Waals surface area (Å²) in [5.74, 6) is 8.52. The molecule has 0 spiro atoms. The highest BCUT2D eigenvalue weighted by atomic mass is 16.5. The van der Waals surface area contributed by atoms with Crippen LogP contribution in [0, 0.1) is 11.8 Å². The minimum absolute atomic E-state index is 0.0315. The molecule has 0 fully saturated rings. The third-order valence-corrected chi connectivity index (χ3v) is 3.39. The van der Waals surface area contributed by atoms with Crippen molar-refractivity contribution in [1.29, 1.82) is 0 Å². The van der Waals surface area contributed by atoms with Crippen LogP contribution >= 0.6 is 0 Å². The van der Waals surface area contributed by atoms with Gasteiger partial charge in [0.2, 0.25) is 0 Å². The fourth-order valence-corrected chi connectivity index (χ4v) is 2.24. The molecular formula is C19H20O3. The molecule has 0 saturated heterocycles. The van der Waals surface area contributed by atoms with Gasteiger partial charge in [0.05, 0.1) is 32.8 Å². The fraction of sp³-hybridized carbons (Fsp3) is 0.263. The molecule has 0 bridgehead atoms. The quantitative estimate of drug-likeness (QED) is 0.802. The lowest BCUT2D eigenvalue weighted by Crippen LogP contribution is -2.01. The predicted molar refractivity (Wildman–Crippen MR) is 87.8 cm³/mol. The highest BCUT2D eigenvalue weighted by Gasteiger charge is 2.17. The summed E-state index contributed by atoms with van der Waals surface area (Å²) >= 11 is 0. The van der Waals surface area contributed by atoms with E-state index in [1.54, 1.807) is 21.3 Å². The summed E-state index contributed by atoms with van der Waals surface area (Å²) in [5.41, 5.74) is 1.91. The van der Waals surface area contributed by atoms with E-state index in [4.69, 9.17) is 14.2 Å². The van der Waals surface area contributed by atoms with Gasteiger partial charge in [0.1, 0.15) is 17.2 Å². The van der Waals surface area contributed by atoms with Crippen LogP contribution in [0.25, 0.3) is 0 Å². The van der Waals surface area contributed by atoms with Crippen molar-refractivity contribution in [2.45, 2.75) is 12.8 Å². The van der Waals surface area contributed by atoms with Gasteiger partial charge in [-0.1, -0.05) is 30.0 Å². The number of methoxy groups -OCH3 is 3. The van der Waals surface area contributed by atoms with Crippen molar-refractivity contribution < 1.29 is 14.2 Å². The van der Waals surface area contributed by atoms with Gasteiger partial charge in [-0.3, -0.25) is 0 Å². The van der Waals surface area contributed by atoms with Crippen LogP contribution in [0.1, 0.15) is 24.0 Å². The minimum atomic E-state index is -0.0315. The van der Waals surface area contributed by atoms with Crippen molar-refractivity contribution >= 4 is 0 Å². The van der Waals surface area contributed by atoms with Crippen LogP contribution in [0.4, 0.5) is 0 Å². The zero-order chi connectivity index (χ0) is 15.9. The SMILES string of the molecule is COc1cc(OC)c(C(C)C#Cc2ccccc2)c(OC)c1. The number of hydrogen-bond donors (Lipinski definition) is 0. The zero-order valence-corrected chi connectivity index (χ0v) is 13.3. The molecule has 0 aromatic heterocycles. The summed E-state index contributed by atoms with van der Waals surface area (Å²) in [5, 5.41) is 0. The largest absolute Gasteiger partial charge is 0.496 e. The monoisotopic (exact) mass is 296 g/mol. The molecule has 114 valence electrons. The molecule has 0 heterocycles. The summed E-state index contributed by atoms with van der Waals surface area (Å²) in [6, 6.07) is 13.6. The van der Waals surface area contributed by atoms with E-state index in [2.05, 4.69) is 11.8 Å². The van der Waals surface area contributed by atoms with Crippen molar-refractivity contribution in [1.82, 2.24) is 0 Å². The van der Waals surface area contributed by atoms with Crippen molar-refractivity contribution in [3.05, 3.63) is 53.6 Å². The molecule has 0 amide bonds. The van der Waals surface area contributed by atoms with Crippen molar-refractivity contribution in [3.8, 4) is 29.1 Å². The zero-order valence-electron chi connectivity index (χ0n) is 13.3. The van der Waals surface area contributed by atoms with Gasteiger partial charge in [0.15, 0.2) is 0 Å². The van der Waals surface area contributed by atoms with Gasteiger partial charge in [0.25, 0.3) is 0 Å². The Balaban J connectivity index is 2.40. The second-order valence-electron chi connectivity index (χ2n) is 4.80. The summed E-state index contributed by atoms with van der Waals surface area (Å²) in [6.07, 6.45) is 0. The first-order valence-electron chi connectivity index (χ1n) is 7.06. The molecule has 22 heavy (non-hydrogen) atoms. The lowest BCUT2D eigenvalue weighted by atomic mass is 9.98. The van der Waals surface area contributed by atoms with E-state index in [1.807, 2.05) is 49.4 Å². The highest BCUT2D eigenvalue weighted by Crippen LogP contribution is 2.38. The second kappa shape index (κ2) is 7.42. The van der Waals surface area contributed by atoms with Gasteiger partial charge in [-0.05, 0) is 19.1 Å². The average molecular weight is 296 g/mol. The maximum absolute atomic E-state index is 5.48. The highest BCUT2D eigenvalue weighted by molar-refractivity contribution is 5.54. The number of ether oxygens (including phenoxy) is 3. The molecule has 0 aliphatic rings. The fourth-order valence-electron chi connectivity index (χ4n) is 2.24. The van der Waals surface area contributed by atoms with Crippen LogP contribution in [0.2, 0.25) is 0 Å². The molecule has 1 unspecified atom stereocenters. The van der Waals surface area contributed by atoms with E-state index in [-0.39, 0.29) is 5.92 Å². The predicted octanol–water partition coefficient (Wildman–Crippen LogP) is 3.87. The molecule has 2 aromatic rings. The summed E-state index contributed by atoms with van der Waals surface area (Å²) in [7, 11) is 4.89. The molecule has 3 nitrogen and oxygen atoms in total. The van der Waals surface area contributed by atoms with Crippen LogP contribution in [0.3, 0.4) is 0 Å². The Bertz CT molecular complexity index is 656. The molecule has 0 radical (unpaired) electrons. The molecule has 0 aliphatic heterocycles. The minimum Gasteiger partial charge on any atom is -0.496 e. The summed E-state index contributed by atoms with van der Waals surface area (Å²) < 4.78 is 16.2. The van der Waals surface area contributed by atoms with Crippen LogP contribution in [-0.4, -0.2) is 21.3 Å². The standard InChI is InChI=1S/C19H20O3/c1-14(10-11-15-8-6-5-7-9-15)19-17(21-3)12-16(20-2)13-18(19)22-4/h5-9,12-14H,1-4H3. The average Bonchev–Trinajstić information content (AvgIpc) is 2.59. The van der Waals surface area contributed by atoms with Gasteiger partial charge in [-0.2, -0.15) is 0 Å². The van der Waals surface area contributed by atoms with E-state index in [9.17, 15) is 0 Å². The maximum Gasteiger partial charge on any atom is 0.130 e. The first-order chi connectivity index (χ1) is 10.7. The Morgan fingerprint density at radius 1 is 0.864 bits per heavy atom. The molecule has 1 atom stereocenters. The number of hydrogen-bond acceptors (Lipinski definition) is 3. The van der Waals surface area contributed by atoms with E-state index in [0.29, 0.717) is 17.2 Å². The molecule has 2 rings (SSSR count). The smallest absolute Gasteiger partial charge is 0.130 e. The Morgan fingerprint density at radius 2 is 1.45 bits per heavy atom. The van der Waals surface area contributed by atoms with Gasteiger partial charge in [0, 0.05) is 17.7 Å². The molecule has 0 saturated carbocycles. The van der Waals surface area contributed by atoms with E-state index < -0.39 is 0 Å². The van der Waals surface area contributed by atoms with E-state index >= 15 is 0 Å². The number of benzene rings is 2. The van der Waals surface area contributed by atoms with Crippen molar-refractivity contribution in [2.24, 2.45) is 0 Å². The second-order valence-corrected chi connectivity index (χ2v) is 4.80. The molecule has 0 aliphatic carbocycles. The van der Waals surface area contributed by atoms with E-state index in [0.717, 1.165) is 11.1 Å². The Morgan fingerprint density at radius 3 is 1.95 bits per heavy atom. The van der Waals surface area contributed by atoms with Crippen LogP contribution in [0.5, 0.6) is 17.2 Å².